The molecule has 148 valence electrons. The molecule has 2 aromatic rings. The molecule has 0 radical (unpaired) electrons. The van der Waals surface area contributed by atoms with Crippen LogP contribution in [0.15, 0.2) is 46.9 Å². The van der Waals surface area contributed by atoms with Gasteiger partial charge in [-0.15, -0.1) is 0 Å². The van der Waals surface area contributed by atoms with Crippen molar-refractivity contribution in [3.63, 3.8) is 0 Å². The molecule has 1 aliphatic heterocycles. The highest BCUT2D eigenvalue weighted by molar-refractivity contribution is 9.10. The normalized spacial score (nSPS) is 15.9. The van der Waals surface area contributed by atoms with Crippen molar-refractivity contribution < 1.29 is 23.9 Å². The van der Waals surface area contributed by atoms with E-state index in [-0.39, 0.29) is 6.54 Å². The lowest BCUT2D eigenvalue weighted by Crippen LogP contribution is -2.35. The zero-order valence-electron chi connectivity index (χ0n) is 16.1. The van der Waals surface area contributed by atoms with Crippen LogP contribution in [0.1, 0.15) is 38.0 Å². The monoisotopic (exact) mass is 447 g/mol. The molecule has 28 heavy (non-hydrogen) atoms. The fraction of sp³-hybridized carbons (Fsp3) is 0.350. The van der Waals surface area contributed by atoms with Crippen LogP contribution in [0.3, 0.4) is 0 Å². The number of ether oxygens (including phenoxy) is 2. The second-order valence-corrected chi connectivity index (χ2v) is 8.36. The van der Waals surface area contributed by atoms with Gasteiger partial charge in [-0.2, -0.15) is 0 Å². The Kier molecular flexibility index (Phi) is 6.32. The van der Waals surface area contributed by atoms with E-state index in [1.54, 1.807) is 26.8 Å². The van der Waals surface area contributed by atoms with Crippen molar-refractivity contribution in [2.24, 2.45) is 0 Å². The lowest BCUT2D eigenvalue weighted by atomic mass is 9.78. The van der Waals surface area contributed by atoms with Crippen LogP contribution in [-0.4, -0.2) is 30.4 Å². The third-order valence-electron chi connectivity index (χ3n) is 4.12. The predicted octanol–water partition coefficient (Wildman–Crippen LogP) is 3.31. The van der Waals surface area contributed by atoms with Crippen molar-refractivity contribution in [1.29, 1.82) is 0 Å². The van der Waals surface area contributed by atoms with Crippen molar-refractivity contribution in [3.05, 3.63) is 58.1 Å². The maximum Gasteiger partial charge on any atom is 0.495 e. The first-order chi connectivity index (χ1) is 13.2. The Hall–Kier alpha value is -2.03. The maximum absolute atomic E-state index is 11.9. The highest BCUT2D eigenvalue weighted by atomic mass is 79.9. The van der Waals surface area contributed by atoms with Gasteiger partial charge in [0.15, 0.2) is 0 Å². The van der Waals surface area contributed by atoms with Crippen molar-refractivity contribution in [3.8, 4) is 5.75 Å². The van der Waals surface area contributed by atoms with Crippen LogP contribution in [-0.2, 0) is 16.0 Å². The quantitative estimate of drug-likeness (QED) is 0.687. The molecule has 1 aliphatic rings. The van der Waals surface area contributed by atoms with Gasteiger partial charge < -0.3 is 24.5 Å². The Bertz CT molecular complexity index is 840. The molecule has 8 heteroatoms. The molecule has 1 atom stereocenters. The SMILES string of the molecule is CC(C)(C)OC(=O)NCC1OB(O)c2c(OCc3ccccc3)ccc(Br)c21. The summed E-state index contributed by atoms with van der Waals surface area (Å²) >= 11 is 3.51. The molecule has 2 aromatic carbocycles. The standard InChI is InChI=1S/C20H23BBrNO5/c1-20(2,3)27-19(24)23-11-16-17-14(22)9-10-15(18(17)21(25)28-16)26-12-13-7-5-4-6-8-13/h4-10,16,25H,11-12H2,1-3H3,(H,23,24). The van der Waals surface area contributed by atoms with Gasteiger partial charge in [-0.1, -0.05) is 46.3 Å². The number of benzene rings is 2. The molecule has 0 spiro atoms. The Balaban J connectivity index is 1.73. The third-order valence-corrected chi connectivity index (χ3v) is 4.82. The molecule has 1 heterocycles. The lowest BCUT2D eigenvalue weighted by Gasteiger charge is -2.21. The van der Waals surface area contributed by atoms with E-state index in [4.69, 9.17) is 14.1 Å². The molecule has 0 fully saturated rings. The number of fused-ring (bicyclic) bond motifs is 1. The molecule has 2 N–H and O–H groups in total. The van der Waals surface area contributed by atoms with Crippen LogP contribution < -0.4 is 15.5 Å². The molecule has 6 nitrogen and oxygen atoms in total. The number of alkyl carbamates (subject to hydrolysis) is 1. The highest BCUT2D eigenvalue weighted by Crippen LogP contribution is 2.33. The third kappa shape index (κ3) is 5.07. The summed E-state index contributed by atoms with van der Waals surface area (Å²) in [5.74, 6) is 0.550. The summed E-state index contributed by atoms with van der Waals surface area (Å²) in [5.41, 5.74) is 1.77. The van der Waals surface area contributed by atoms with Crippen LogP contribution in [0.2, 0.25) is 0 Å². The largest absolute Gasteiger partial charge is 0.495 e. The number of halogens is 1. The highest BCUT2D eigenvalue weighted by Gasteiger charge is 2.39. The van der Waals surface area contributed by atoms with Crippen LogP contribution in [0.4, 0.5) is 4.79 Å². The summed E-state index contributed by atoms with van der Waals surface area (Å²) in [7, 11) is -1.14. The van der Waals surface area contributed by atoms with Crippen LogP contribution >= 0.6 is 15.9 Å². The topological polar surface area (TPSA) is 77.0 Å². The average molecular weight is 448 g/mol. The summed E-state index contributed by atoms with van der Waals surface area (Å²) in [6.45, 7) is 5.93. The van der Waals surface area contributed by atoms with Crippen molar-refractivity contribution >= 4 is 34.6 Å². The molecular weight excluding hydrogens is 425 g/mol. The molecule has 3 rings (SSSR count). The van der Waals surface area contributed by atoms with Gasteiger partial charge in [0, 0.05) is 16.5 Å². The van der Waals surface area contributed by atoms with E-state index < -0.39 is 24.9 Å². The molecule has 0 saturated carbocycles. The minimum Gasteiger partial charge on any atom is -0.489 e. The van der Waals surface area contributed by atoms with E-state index in [0.717, 1.165) is 15.6 Å². The average Bonchev–Trinajstić information content (AvgIpc) is 2.97. The minimum absolute atomic E-state index is 0.166. The predicted molar refractivity (Wildman–Crippen MR) is 111 cm³/mol. The molecule has 0 bridgehead atoms. The zero-order valence-corrected chi connectivity index (χ0v) is 17.7. The summed E-state index contributed by atoms with van der Waals surface area (Å²) < 4.78 is 17.6. The second kappa shape index (κ2) is 8.55. The number of hydrogen-bond donors (Lipinski definition) is 2. The smallest absolute Gasteiger partial charge is 0.489 e. The summed E-state index contributed by atoms with van der Waals surface area (Å²) in [6.07, 6.45) is -1.06. The summed E-state index contributed by atoms with van der Waals surface area (Å²) in [6, 6.07) is 13.4. The fourth-order valence-electron chi connectivity index (χ4n) is 2.96. The van der Waals surface area contributed by atoms with E-state index >= 15 is 0 Å². The van der Waals surface area contributed by atoms with Crippen LogP contribution in [0.5, 0.6) is 5.75 Å². The first-order valence-electron chi connectivity index (χ1n) is 9.04. The van der Waals surface area contributed by atoms with E-state index in [1.807, 2.05) is 36.4 Å². The van der Waals surface area contributed by atoms with Gasteiger partial charge in [-0.3, -0.25) is 0 Å². The Labute approximate surface area is 173 Å². The lowest BCUT2D eigenvalue weighted by molar-refractivity contribution is 0.0498. The molecule has 1 amide bonds. The van der Waals surface area contributed by atoms with Crippen molar-refractivity contribution in [2.45, 2.75) is 39.1 Å². The number of amides is 1. The molecular formula is C20H23BBrNO5. The number of carbonyl (C=O) groups excluding carboxylic acids is 1. The Morgan fingerprint density at radius 2 is 1.96 bits per heavy atom. The molecule has 1 unspecified atom stereocenters. The molecule has 0 saturated heterocycles. The number of hydrogen-bond acceptors (Lipinski definition) is 5. The second-order valence-electron chi connectivity index (χ2n) is 7.51. The first kappa shape index (κ1) is 20.7. The van der Waals surface area contributed by atoms with Crippen molar-refractivity contribution in [2.75, 3.05) is 6.54 Å². The number of nitrogens with one attached hydrogen (secondary N) is 1. The van der Waals surface area contributed by atoms with Crippen LogP contribution in [0, 0.1) is 0 Å². The van der Waals surface area contributed by atoms with Gasteiger partial charge in [-0.05, 0) is 44.0 Å². The van der Waals surface area contributed by atoms with Gasteiger partial charge >= 0.3 is 13.2 Å². The fourth-order valence-corrected chi connectivity index (χ4v) is 3.57. The molecule has 0 aromatic heterocycles. The van der Waals surface area contributed by atoms with Gasteiger partial charge in [0.1, 0.15) is 18.0 Å². The first-order valence-corrected chi connectivity index (χ1v) is 9.83. The summed E-state index contributed by atoms with van der Waals surface area (Å²) in [4.78, 5) is 11.9. The number of rotatable bonds is 5. The van der Waals surface area contributed by atoms with Crippen molar-refractivity contribution in [1.82, 2.24) is 5.32 Å². The van der Waals surface area contributed by atoms with E-state index in [2.05, 4.69) is 21.2 Å². The Morgan fingerprint density at radius 1 is 1.25 bits per heavy atom. The van der Waals surface area contributed by atoms with Gasteiger partial charge in [0.05, 0.1) is 6.10 Å². The van der Waals surface area contributed by atoms with E-state index in [1.165, 1.54) is 0 Å². The molecule has 0 aliphatic carbocycles. The van der Waals surface area contributed by atoms with Crippen LogP contribution in [0.25, 0.3) is 0 Å². The maximum atomic E-state index is 11.9. The Morgan fingerprint density at radius 3 is 2.64 bits per heavy atom. The van der Waals surface area contributed by atoms with Gasteiger partial charge in [0.2, 0.25) is 0 Å². The van der Waals surface area contributed by atoms with Gasteiger partial charge in [0.25, 0.3) is 0 Å². The summed E-state index contributed by atoms with van der Waals surface area (Å²) in [5, 5.41) is 13.1. The van der Waals surface area contributed by atoms with E-state index in [9.17, 15) is 9.82 Å². The van der Waals surface area contributed by atoms with Gasteiger partial charge in [-0.25, -0.2) is 4.79 Å². The number of carbonyl (C=O) groups is 1. The zero-order chi connectivity index (χ0) is 20.3. The van der Waals surface area contributed by atoms with E-state index in [0.29, 0.717) is 17.8 Å². The minimum atomic E-state index is -1.14.